The average molecular weight is 405 g/mol. The summed E-state index contributed by atoms with van der Waals surface area (Å²) < 4.78 is 27.1. The SMILES string of the molecule is CCCCCCNS(=O)(=O)c1ccc(NC(=O)c2ccc([N+](=O)[O-])cc2)cc1. The second-order valence-electron chi connectivity index (χ2n) is 6.24. The van der Waals surface area contributed by atoms with Crippen LogP contribution in [-0.2, 0) is 10.0 Å². The van der Waals surface area contributed by atoms with Crippen LogP contribution < -0.4 is 10.0 Å². The van der Waals surface area contributed by atoms with E-state index in [1.165, 1.54) is 48.5 Å². The van der Waals surface area contributed by atoms with Gasteiger partial charge in [-0.3, -0.25) is 14.9 Å². The van der Waals surface area contributed by atoms with Crippen molar-refractivity contribution in [2.24, 2.45) is 0 Å². The van der Waals surface area contributed by atoms with Gasteiger partial charge in [-0.1, -0.05) is 26.2 Å². The van der Waals surface area contributed by atoms with Gasteiger partial charge in [0, 0.05) is 29.9 Å². The molecule has 0 aliphatic heterocycles. The fraction of sp³-hybridized carbons (Fsp3) is 0.316. The molecule has 0 heterocycles. The van der Waals surface area contributed by atoms with Crippen molar-refractivity contribution >= 4 is 27.3 Å². The lowest BCUT2D eigenvalue weighted by Gasteiger charge is -2.09. The summed E-state index contributed by atoms with van der Waals surface area (Å²) in [7, 11) is -3.58. The second kappa shape index (κ2) is 9.95. The number of hydrogen-bond donors (Lipinski definition) is 2. The lowest BCUT2D eigenvalue weighted by molar-refractivity contribution is -0.384. The molecule has 9 heteroatoms. The summed E-state index contributed by atoms with van der Waals surface area (Å²) in [5.74, 6) is -0.445. The van der Waals surface area contributed by atoms with Crippen LogP contribution in [0.15, 0.2) is 53.4 Å². The van der Waals surface area contributed by atoms with Crippen LogP contribution in [0.5, 0.6) is 0 Å². The van der Waals surface area contributed by atoms with Gasteiger partial charge in [-0.05, 0) is 42.8 Å². The van der Waals surface area contributed by atoms with E-state index in [0.29, 0.717) is 12.2 Å². The molecule has 2 aromatic carbocycles. The Balaban J connectivity index is 1.96. The molecule has 2 aromatic rings. The standard InChI is InChI=1S/C19H23N3O5S/c1-2-3-4-5-14-20-28(26,27)18-12-8-16(9-13-18)21-19(23)15-6-10-17(11-7-15)22(24)25/h6-13,20H,2-5,14H2,1H3,(H,21,23). The van der Waals surface area contributed by atoms with Crippen molar-refractivity contribution in [3.05, 3.63) is 64.2 Å². The van der Waals surface area contributed by atoms with Crippen molar-refractivity contribution in [2.75, 3.05) is 11.9 Å². The highest BCUT2D eigenvalue weighted by atomic mass is 32.2. The number of benzene rings is 2. The number of sulfonamides is 1. The van der Waals surface area contributed by atoms with E-state index in [1.54, 1.807) is 0 Å². The highest BCUT2D eigenvalue weighted by Crippen LogP contribution is 2.17. The van der Waals surface area contributed by atoms with E-state index >= 15 is 0 Å². The molecule has 0 radical (unpaired) electrons. The van der Waals surface area contributed by atoms with Gasteiger partial charge in [-0.25, -0.2) is 13.1 Å². The number of rotatable bonds is 10. The van der Waals surface area contributed by atoms with Crippen LogP contribution in [-0.4, -0.2) is 25.8 Å². The third-order valence-electron chi connectivity index (χ3n) is 4.09. The third-order valence-corrected chi connectivity index (χ3v) is 5.56. The largest absolute Gasteiger partial charge is 0.322 e. The Hall–Kier alpha value is -2.78. The van der Waals surface area contributed by atoms with Crippen LogP contribution in [0, 0.1) is 10.1 Å². The van der Waals surface area contributed by atoms with Gasteiger partial charge in [-0.2, -0.15) is 0 Å². The molecule has 2 rings (SSSR count). The molecule has 150 valence electrons. The number of unbranched alkanes of at least 4 members (excludes halogenated alkanes) is 3. The lowest BCUT2D eigenvalue weighted by atomic mass is 10.2. The zero-order valence-electron chi connectivity index (χ0n) is 15.6. The first-order chi connectivity index (χ1) is 13.3. The average Bonchev–Trinajstić information content (AvgIpc) is 2.68. The molecule has 0 bridgehead atoms. The molecule has 0 fully saturated rings. The smallest absolute Gasteiger partial charge is 0.269 e. The fourth-order valence-electron chi connectivity index (χ4n) is 2.50. The van der Waals surface area contributed by atoms with Crippen molar-refractivity contribution in [1.29, 1.82) is 0 Å². The van der Waals surface area contributed by atoms with Gasteiger partial charge in [0.1, 0.15) is 0 Å². The van der Waals surface area contributed by atoms with E-state index in [1.807, 2.05) is 0 Å². The molecule has 1 amide bonds. The van der Waals surface area contributed by atoms with Crippen molar-refractivity contribution in [1.82, 2.24) is 4.72 Å². The van der Waals surface area contributed by atoms with Gasteiger partial charge < -0.3 is 5.32 Å². The highest BCUT2D eigenvalue weighted by molar-refractivity contribution is 7.89. The summed E-state index contributed by atoms with van der Waals surface area (Å²) >= 11 is 0. The molecule has 0 aliphatic carbocycles. The quantitative estimate of drug-likeness (QED) is 0.355. The highest BCUT2D eigenvalue weighted by Gasteiger charge is 2.14. The molecule has 0 aliphatic rings. The number of nitro groups is 1. The summed E-state index contributed by atoms with van der Waals surface area (Å²) in [6.45, 7) is 2.48. The Morgan fingerprint density at radius 1 is 1.00 bits per heavy atom. The predicted octanol–water partition coefficient (Wildman–Crippen LogP) is 3.71. The fourth-order valence-corrected chi connectivity index (χ4v) is 3.57. The lowest BCUT2D eigenvalue weighted by Crippen LogP contribution is -2.24. The number of amides is 1. The Labute approximate surface area is 164 Å². The number of carbonyl (C=O) groups is 1. The van der Waals surface area contributed by atoms with Gasteiger partial charge in [0.2, 0.25) is 10.0 Å². The summed E-state index contributed by atoms with van der Waals surface area (Å²) in [5.41, 5.74) is 0.578. The van der Waals surface area contributed by atoms with Crippen molar-refractivity contribution < 1.29 is 18.1 Å². The van der Waals surface area contributed by atoms with Crippen molar-refractivity contribution in [3.63, 3.8) is 0 Å². The molecule has 0 atom stereocenters. The van der Waals surface area contributed by atoms with Crippen LogP contribution in [0.2, 0.25) is 0 Å². The van der Waals surface area contributed by atoms with Crippen LogP contribution in [0.4, 0.5) is 11.4 Å². The second-order valence-corrected chi connectivity index (χ2v) is 8.01. The topological polar surface area (TPSA) is 118 Å². The van der Waals surface area contributed by atoms with Crippen LogP contribution in [0.25, 0.3) is 0 Å². The molecule has 0 saturated carbocycles. The first-order valence-electron chi connectivity index (χ1n) is 8.99. The Morgan fingerprint density at radius 2 is 1.64 bits per heavy atom. The maximum absolute atomic E-state index is 12.3. The number of nitro benzene ring substituents is 1. The number of hydrogen-bond acceptors (Lipinski definition) is 5. The monoisotopic (exact) mass is 405 g/mol. The van der Waals surface area contributed by atoms with E-state index in [-0.39, 0.29) is 16.1 Å². The number of nitrogens with one attached hydrogen (secondary N) is 2. The maximum atomic E-state index is 12.3. The zero-order valence-corrected chi connectivity index (χ0v) is 16.4. The molecule has 0 unspecified atom stereocenters. The normalized spacial score (nSPS) is 11.2. The Morgan fingerprint density at radius 3 is 2.21 bits per heavy atom. The number of nitrogens with zero attached hydrogens (tertiary/aromatic N) is 1. The van der Waals surface area contributed by atoms with E-state index < -0.39 is 20.9 Å². The van der Waals surface area contributed by atoms with Gasteiger partial charge in [-0.15, -0.1) is 0 Å². The molecular formula is C19H23N3O5S. The van der Waals surface area contributed by atoms with Crippen LogP contribution in [0.1, 0.15) is 43.0 Å². The Kier molecular flexibility index (Phi) is 7.65. The maximum Gasteiger partial charge on any atom is 0.269 e. The zero-order chi connectivity index (χ0) is 20.6. The van der Waals surface area contributed by atoms with Crippen LogP contribution in [0.3, 0.4) is 0 Å². The minimum atomic E-state index is -3.58. The van der Waals surface area contributed by atoms with E-state index in [9.17, 15) is 23.3 Å². The number of carbonyl (C=O) groups excluding carboxylic acids is 1. The summed E-state index contributed by atoms with van der Waals surface area (Å²) in [5, 5.41) is 13.3. The van der Waals surface area contributed by atoms with E-state index in [0.717, 1.165) is 25.7 Å². The summed E-state index contributed by atoms with van der Waals surface area (Å²) in [4.78, 5) is 22.4. The summed E-state index contributed by atoms with van der Waals surface area (Å²) in [6.07, 6.45) is 3.92. The third kappa shape index (κ3) is 6.14. The molecule has 0 spiro atoms. The van der Waals surface area contributed by atoms with Crippen molar-refractivity contribution in [3.8, 4) is 0 Å². The van der Waals surface area contributed by atoms with Gasteiger partial charge >= 0.3 is 0 Å². The van der Waals surface area contributed by atoms with Gasteiger partial charge in [0.25, 0.3) is 11.6 Å². The van der Waals surface area contributed by atoms with E-state index in [2.05, 4.69) is 17.0 Å². The predicted molar refractivity (Wildman–Crippen MR) is 107 cm³/mol. The van der Waals surface area contributed by atoms with Gasteiger partial charge in [0.05, 0.1) is 9.82 Å². The molecule has 2 N–H and O–H groups in total. The number of anilines is 1. The molecule has 0 saturated heterocycles. The Bertz CT molecular complexity index is 910. The summed E-state index contributed by atoms with van der Waals surface area (Å²) in [6, 6.07) is 11.0. The minimum Gasteiger partial charge on any atom is -0.322 e. The van der Waals surface area contributed by atoms with Crippen LogP contribution >= 0.6 is 0 Å². The number of non-ortho nitro benzene ring substituents is 1. The molecular weight excluding hydrogens is 382 g/mol. The van der Waals surface area contributed by atoms with E-state index in [4.69, 9.17) is 0 Å². The van der Waals surface area contributed by atoms with Crippen molar-refractivity contribution in [2.45, 2.75) is 37.5 Å². The molecule has 0 aromatic heterocycles. The minimum absolute atomic E-state index is 0.103. The molecule has 28 heavy (non-hydrogen) atoms. The first kappa shape index (κ1) is 21.5. The van der Waals surface area contributed by atoms with Gasteiger partial charge in [0.15, 0.2) is 0 Å². The first-order valence-corrected chi connectivity index (χ1v) is 10.5. The molecule has 8 nitrogen and oxygen atoms in total.